The molecule has 0 bridgehead atoms. The lowest BCUT2D eigenvalue weighted by molar-refractivity contribution is -0.138. The number of hydrogen-bond donors (Lipinski definition) is 4. The number of amides is 6. The second kappa shape index (κ2) is 21.4. The Morgan fingerprint density at radius 2 is 1.26 bits per heavy atom. The predicted molar refractivity (Wildman–Crippen MR) is 253 cm³/mol. The number of rotatable bonds is 14. The Balaban J connectivity index is 1.09. The number of carbonyl (C=O) groups is 6. The topological polar surface area (TPSA) is 179 Å². The maximum absolute atomic E-state index is 14.1. The summed E-state index contributed by atoms with van der Waals surface area (Å²) >= 11 is 0. The molecule has 15 heteroatoms. The zero-order valence-electron chi connectivity index (χ0n) is 39.0. The second-order valence-corrected chi connectivity index (χ2v) is 18.9. The minimum absolute atomic E-state index is 0.302. The van der Waals surface area contributed by atoms with E-state index in [2.05, 4.69) is 38.3 Å². The summed E-state index contributed by atoms with van der Waals surface area (Å²) in [4.78, 5) is 85.2. The van der Waals surface area contributed by atoms with Crippen LogP contribution in [0.25, 0.3) is 0 Å². The smallest absolute Gasteiger partial charge is 0.408 e. The molecule has 0 aliphatic carbocycles. The molecule has 2 aliphatic rings. The molecule has 0 unspecified atom stereocenters. The highest BCUT2D eigenvalue weighted by atomic mass is 16.6. The number of methoxy groups -OCH3 is 1. The SMILES string of the molecule is COC(=O)N[C@H](C(=O)NC(=O)[C@@H]1CCCN1c1ccc(CN(Cc2ccc(NC(=O)[C@@H]3CCCN3C(=O)[C@H](NC(=O)OC(C)(C)C)c3ccccc3)cc2)c2ccccc2)cc1)C(C)(C)C. The van der Waals surface area contributed by atoms with Crippen molar-refractivity contribution in [2.24, 2.45) is 5.41 Å². The molecule has 350 valence electrons. The average Bonchev–Trinajstić information content (AvgIpc) is 3.99. The van der Waals surface area contributed by atoms with Gasteiger partial charge in [0.25, 0.3) is 5.91 Å². The first-order valence-electron chi connectivity index (χ1n) is 22.5. The van der Waals surface area contributed by atoms with E-state index in [4.69, 9.17) is 9.47 Å². The van der Waals surface area contributed by atoms with Gasteiger partial charge in [0.15, 0.2) is 0 Å². The minimum atomic E-state index is -1.03. The molecule has 4 aromatic rings. The molecule has 2 heterocycles. The standard InChI is InChI=1S/C51H63N7O8/c1-50(2,3)43(54-48(63)65-7)46(61)55-45(60)40-20-14-30-57(40)39-28-24-35(25-29-39)33-56(38-18-12-9-13-19-38)32-34-22-26-37(27-23-34)52-44(59)41-21-15-31-58(41)47(62)42(36-16-10-8-11-17-36)53-49(64)66-51(4,5)6/h8-13,16-19,22-29,40-43H,14-15,20-21,30-33H2,1-7H3,(H,52,59)(H,53,64)(H,54,63)(H,55,60,61)/t40-,41-,42+,43+/m0/s1. The number of para-hydroxylation sites is 1. The zero-order chi connectivity index (χ0) is 47.6. The van der Waals surface area contributed by atoms with E-state index in [0.717, 1.165) is 28.9 Å². The van der Waals surface area contributed by atoms with Gasteiger partial charge in [0.1, 0.15) is 29.8 Å². The molecule has 2 aliphatic heterocycles. The third-order valence-electron chi connectivity index (χ3n) is 11.6. The Kier molecular flexibility index (Phi) is 15.7. The van der Waals surface area contributed by atoms with E-state index in [1.54, 1.807) is 70.7 Å². The molecular weight excluding hydrogens is 839 g/mol. The van der Waals surface area contributed by atoms with Crippen molar-refractivity contribution in [3.63, 3.8) is 0 Å². The van der Waals surface area contributed by atoms with Crippen LogP contribution in [0, 0.1) is 5.41 Å². The van der Waals surface area contributed by atoms with E-state index in [1.807, 2.05) is 77.7 Å². The van der Waals surface area contributed by atoms with Gasteiger partial charge < -0.3 is 40.1 Å². The van der Waals surface area contributed by atoms with Crippen LogP contribution in [-0.4, -0.2) is 84.6 Å². The number of benzene rings is 4. The van der Waals surface area contributed by atoms with Crippen molar-refractivity contribution in [2.75, 3.05) is 35.3 Å². The number of carbonyl (C=O) groups excluding carboxylic acids is 6. The fraction of sp³-hybridized carbons (Fsp3) is 0.412. The van der Waals surface area contributed by atoms with Gasteiger partial charge in [-0.1, -0.05) is 93.6 Å². The number of likely N-dealkylation sites (tertiary alicyclic amines) is 1. The normalized spacial score (nSPS) is 17.0. The van der Waals surface area contributed by atoms with Crippen molar-refractivity contribution >= 4 is 52.9 Å². The van der Waals surface area contributed by atoms with Gasteiger partial charge in [0, 0.05) is 43.2 Å². The van der Waals surface area contributed by atoms with Crippen LogP contribution >= 0.6 is 0 Å². The summed E-state index contributed by atoms with van der Waals surface area (Å²) in [5.41, 5.74) is 3.72. The predicted octanol–water partition coefficient (Wildman–Crippen LogP) is 7.47. The second-order valence-electron chi connectivity index (χ2n) is 18.9. The number of anilines is 3. The van der Waals surface area contributed by atoms with Crippen molar-refractivity contribution < 1.29 is 38.2 Å². The molecule has 4 aromatic carbocycles. The van der Waals surface area contributed by atoms with Crippen LogP contribution in [0.1, 0.15) is 90.0 Å². The van der Waals surface area contributed by atoms with Crippen LogP contribution in [0.4, 0.5) is 26.7 Å². The summed E-state index contributed by atoms with van der Waals surface area (Å²) in [5, 5.41) is 10.8. The summed E-state index contributed by atoms with van der Waals surface area (Å²) in [5.74, 6) is -1.69. The van der Waals surface area contributed by atoms with Gasteiger partial charge in [0.05, 0.1) is 7.11 Å². The van der Waals surface area contributed by atoms with Gasteiger partial charge in [-0.2, -0.15) is 0 Å². The van der Waals surface area contributed by atoms with Crippen LogP contribution in [0.5, 0.6) is 0 Å². The molecule has 2 saturated heterocycles. The third kappa shape index (κ3) is 12.9. The molecule has 66 heavy (non-hydrogen) atoms. The van der Waals surface area contributed by atoms with Crippen LogP contribution < -0.4 is 31.1 Å². The van der Waals surface area contributed by atoms with Crippen molar-refractivity contribution in [3.05, 3.63) is 126 Å². The molecule has 15 nitrogen and oxygen atoms in total. The molecule has 0 radical (unpaired) electrons. The van der Waals surface area contributed by atoms with E-state index >= 15 is 0 Å². The Morgan fingerprint density at radius 1 is 0.682 bits per heavy atom. The van der Waals surface area contributed by atoms with E-state index in [0.29, 0.717) is 56.7 Å². The van der Waals surface area contributed by atoms with E-state index in [-0.39, 0.29) is 11.8 Å². The van der Waals surface area contributed by atoms with E-state index in [1.165, 1.54) is 7.11 Å². The molecular formula is C51H63N7O8. The number of hydrogen-bond acceptors (Lipinski definition) is 10. The lowest BCUT2D eigenvalue weighted by Crippen LogP contribution is -2.57. The molecule has 4 atom stereocenters. The van der Waals surface area contributed by atoms with Crippen molar-refractivity contribution in [1.29, 1.82) is 0 Å². The maximum atomic E-state index is 14.1. The number of alkyl carbamates (subject to hydrolysis) is 2. The maximum Gasteiger partial charge on any atom is 0.408 e. The Morgan fingerprint density at radius 3 is 1.85 bits per heavy atom. The zero-order valence-corrected chi connectivity index (χ0v) is 39.0. The molecule has 2 fully saturated rings. The lowest BCUT2D eigenvalue weighted by atomic mass is 9.86. The van der Waals surface area contributed by atoms with Gasteiger partial charge in [0.2, 0.25) is 17.7 Å². The van der Waals surface area contributed by atoms with Crippen molar-refractivity contribution in [3.8, 4) is 0 Å². The highest BCUT2D eigenvalue weighted by Crippen LogP contribution is 2.29. The summed E-state index contributed by atoms with van der Waals surface area (Å²) in [6, 6.07) is 31.5. The number of imide groups is 1. The summed E-state index contributed by atoms with van der Waals surface area (Å²) in [7, 11) is 1.22. The molecule has 0 saturated carbocycles. The van der Waals surface area contributed by atoms with E-state index in [9.17, 15) is 28.8 Å². The van der Waals surface area contributed by atoms with Crippen LogP contribution in [0.15, 0.2) is 109 Å². The first-order chi connectivity index (χ1) is 31.4. The van der Waals surface area contributed by atoms with Crippen LogP contribution in [-0.2, 0) is 41.7 Å². The molecule has 6 amide bonds. The minimum Gasteiger partial charge on any atom is -0.453 e. The molecule has 4 N–H and O–H groups in total. The highest BCUT2D eigenvalue weighted by Gasteiger charge is 2.40. The van der Waals surface area contributed by atoms with Crippen molar-refractivity contribution in [2.45, 2.75) is 110 Å². The van der Waals surface area contributed by atoms with Crippen LogP contribution in [0.3, 0.4) is 0 Å². The largest absolute Gasteiger partial charge is 0.453 e. The fourth-order valence-electron chi connectivity index (χ4n) is 8.33. The Hall–Kier alpha value is -6.90. The lowest BCUT2D eigenvalue weighted by Gasteiger charge is -2.31. The summed E-state index contributed by atoms with van der Waals surface area (Å²) in [6.45, 7) is 12.8. The van der Waals surface area contributed by atoms with Crippen LogP contribution in [0.2, 0.25) is 0 Å². The monoisotopic (exact) mass is 901 g/mol. The number of ether oxygens (including phenoxy) is 2. The van der Waals surface area contributed by atoms with Crippen molar-refractivity contribution in [1.82, 2.24) is 20.9 Å². The van der Waals surface area contributed by atoms with Gasteiger partial charge in [-0.15, -0.1) is 0 Å². The Labute approximate surface area is 387 Å². The van der Waals surface area contributed by atoms with Gasteiger partial charge in [-0.25, -0.2) is 9.59 Å². The van der Waals surface area contributed by atoms with Gasteiger partial charge in [-0.05, 0) is 105 Å². The van der Waals surface area contributed by atoms with E-state index < -0.39 is 59.2 Å². The highest BCUT2D eigenvalue weighted by molar-refractivity contribution is 6.02. The molecule has 6 rings (SSSR count). The Bertz CT molecular complexity index is 2310. The molecule has 0 spiro atoms. The average molecular weight is 902 g/mol. The molecule has 0 aromatic heterocycles. The quantitative estimate of drug-likeness (QED) is 0.0993. The third-order valence-corrected chi connectivity index (χ3v) is 11.6. The summed E-state index contributed by atoms with van der Waals surface area (Å²) < 4.78 is 10.2. The first kappa shape index (κ1) is 48.6. The van der Waals surface area contributed by atoms with Gasteiger partial charge >= 0.3 is 12.2 Å². The van der Waals surface area contributed by atoms with Gasteiger partial charge in [-0.3, -0.25) is 24.5 Å². The fourth-order valence-corrected chi connectivity index (χ4v) is 8.33. The summed E-state index contributed by atoms with van der Waals surface area (Å²) in [6.07, 6.45) is 1.02. The first-order valence-corrected chi connectivity index (χ1v) is 22.5. The number of nitrogens with one attached hydrogen (secondary N) is 4. The number of nitrogens with zero attached hydrogens (tertiary/aromatic N) is 3.